The average Bonchev–Trinajstić information content (AvgIpc) is 2.57. The fraction of sp³-hybridized carbons (Fsp3) is 0.200. The molecule has 0 radical (unpaired) electrons. The highest BCUT2D eigenvalue weighted by atomic mass is 16.5. The van der Waals surface area contributed by atoms with E-state index in [9.17, 15) is 5.11 Å². The van der Waals surface area contributed by atoms with Gasteiger partial charge in [-0.15, -0.1) is 0 Å². The van der Waals surface area contributed by atoms with Crippen molar-refractivity contribution in [1.82, 2.24) is 10.5 Å². The van der Waals surface area contributed by atoms with Gasteiger partial charge in [-0.3, -0.25) is 0 Å². The van der Waals surface area contributed by atoms with Gasteiger partial charge in [0.05, 0.1) is 0 Å². The number of hydrogen-bond acceptors (Lipinski definition) is 3. The van der Waals surface area contributed by atoms with E-state index in [-0.39, 0.29) is 5.75 Å². The van der Waals surface area contributed by atoms with Gasteiger partial charge in [0, 0.05) is 23.6 Å². The Hall–Kier alpha value is -1.52. The highest BCUT2D eigenvalue weighted by Gasteiger charge is 2.03. The predicted molar refractivity (Wildman–Crippen MR) is 53.5 cm³/mol. The molecule has 2 aromatic rings. The maximum Gasteiger partial charge on any atom is 0.116 e. The first kappa shape index (κ1) is 9.05. The van der Waals surface area contributed by atoms with Crippen LogP contribution in [-0.2, 0) is 6.42 Å². The number of hydrogen-bond donors (Lipinski definition) is 4. The lowest BCUT2D eigenvalue weighted by Gasteiger charge is -1.98. The van der Waals surface area contributed by atoms with Crippen molar-refractivity contribution >= 4 is 10.9 Å². The summed E-state index contributed by atoms with van der Waals surface area (Å²) in [6, 6.07) is 5.20. The van der Waals surface area contributed by atoms with E-state index >= 15 is 0 Å². The number of aromatic hydroxyl groups is 1. The van der Waals surface area contributed by atoms with E-state index in [4.69, 9.17) is 5.21 Å². The number of fused-ring (bicyclic) bond motifs is 1. The Balaban J connectivity index is 2.40. The number of aromatic nitrogens is 1. The van der Waals surface area contributed by atoms with Gasteiger partial charge in [-0.1, -0.05) is 0 Å². The largest absolute Gasteiger partial charge is 0.508 e. The maximum absolute atomic E-state index is 9.32. The normalized spacial score (nSPS) is 10.9. The van der Waals surface area contributed by atoms with Gasteiger partial charge in [-0.05, 0) is 30.2 Å². The Bertz CT molecular complexity index is 437. The summed E-state index contributed by atoms with van der Waals surface area (Å²) < 4.78 is 0. The van der Waals surface area contributed by atoms with E-state index in [1.165, 1.54) is 0 Å². The molecule has 0 aliphatic heterocycles. The highest BCUT2D eigenvalue weighted by molar-refractivity contribution is 5.84. The van der Waals surface area contributed by atoms with Crippen LogP contribution in [-0.4, -0.2) is 21.8 Å². The minimum Gasteiger partial charge on any atom is -0.508 e. The zero-order valence-corrected chi connectivity index (χ0v) is 7.62. The minimum absolute atomic E-state index is 0.260. The van der Waals surface area contributed by atoms with Crippen LogP contribution in [0.5, 0.6) is 5.75 Å². The summed E-state index contributed by atoms with van der Waals surface area (Å²) in [5.41, 5.74) is 4.19. The SMILES string of the molecule is ONCCc1c[nH]c2ccc(O)cc12. The molecule has 14 heavy (non-hydrogen) atoms. The highest BCUT2D eigenvalue weighted by Crippen LogP contribution is 2.22. The van der Waals surface area contributed by atoms with Crippen LogP contribution in [0.3, 0.4) is 0 Å². The maximum atomic E-state index is 9.32. The number of hydroxylamine groups is 1. The Morgan fingerprint density at radius 1 is 1.36 bits per heavy atom. The molecule has 1 heterocycles. The number of phenolic OH excluding ortho intramolecular Hbond substituents is 1. The van der Waals surface area contributed by atoms with Crippen LogP contribution in [0.4, 0.5) is 0 Å². The van der Waals surface area contributed by atoms with Crippen LogP contribution in [0.1, 0.15) is 5.56 Å². The standard InChI is InChI=1S/C10H12N2O2/c13-8-1-2-10-9(5-8)7(6-11-10)3-4-12-14/h1-2,5-6,11-14H,3-4H2. The van der Waals surface area contributed by atoms with Crippen molar-refractivity contribution < 1.29 is 10.3 Å². The van der Waals surface area contributed by atoms with Gasteiger partial charge in [0.25, 0.3) is 0 Å². The van der Waals surface area contributed by atoms with Crippen LogP contribution in [0.2, 0.25) is 0 Å². The molecule has 74 valence electrons. The molecular weight excluding hydrogens is 180 g/mol. The average molecular weight is 192 g/mol. The lowest BCUT2D eigenvalue weighted by molar-refractivity contribution is 0.168. The fourth-order valence-electron chi connectivity index (χ4n) is 1.56. The number of nitrogens with one attached hydrogen (secondary N) is 2. The topological polar surface area (TPSA) is 68.3 Å². The second-order valence-electron chi connectivity index (χ2n) is 3.20. The first-order chi connectivity index (χ1) is 6.81. The molecule has 0 fully saturated rings. The molecule has 2 rings (SSSR count). The van der Waals surface area contributed by atoms with Gasteiger partial charge < -0.3 is 15.3 Å². The fourth-order valence-corrected chi connectivity index (χ4v) is 1.56. The summed E-state index contributed by atoms with van der Waals surface area (Å²) in [7, 11) is 0. The summed E-state index contributed by atoms with van der Waals surface area (Å²) in [4.78, 5) is 3.10. The van der Waals surface area contributed by atoms with E-state index in [0.29, 0.717) is 6.54 Å². The number of rotatable bonds is 3. The van der Waals surface area contributed by atoms with Gasteiger partial charge in [-0.2, -0.15) is 0 Å². The number of H-pyrrole nitrogens is 1. The molecule has 0 amide bonds. The van der Waals surface area contributed by atoms with Crippen LogP contribution >= 0.6 is 0 Å². The first-order valence-electron chi connectivity index (χ1n) is 4.47. The Labute approximate surface area is 81.1 Å². The van der Waals surface area contributed by atoms with E-state index in [1.807, 2.05) is 12.3 Å². The summed E-state index contributed by atoms with van der Waals surface area (Å²) >= 11 is 0. The third-order valence-corrected chi connectivity index (χ3v) is 2.26. The molecular formula is C10H12N2O2. The molecule has 0 unspecified atom stereocenters. The molecule has 0 saturated heterocycles. The van der Waals surface area contributed by atoms with Crippen molar-refractivity contribution in [2.75, 3.05) is 6.54 Å². The van der Waals surface area contributed by atoms with Crippen LogP contribution in [0, 0.1) is 0 Å². The van der Waals surface area contributed by atoms with Crippen molar-refractivity contribution in [3.63, 3.8) is 0 Å². The Kier molecular flexibility index (Phi) is 2.39. The van der Waals surface area contributed by atoms with Crippen LogP contribution < -0.4 is 5.48 Å². The zero-order chi connectivity index (χ0) is 9.97. The third kappa shape index (κ3) is 1.57. The molecule has 1 aromatic carbocycles. The Morgan fingerprint density at radius 3 is 3.00 bits per heavy atom. The number of benzene rings is 1. The van der Waals surface area contributed by atoms with Crippen molar-refractivity contribution in [2.45, 2.75) is 6.42 Å². The predicted octanol–water partition coefficient (Wildman–Crippen LogP) is 1.39. The molecule has 4 nitrogen and oxygen atoms in total. The summed E-state index contributed by atoms with van der Waals surface area (Å²) in [5, 5.41) is 18.8. The van der Waals surface area contributed by atoms with Crippen LogP contribution in [0.15, 0.2) is 24.4 Å². The first-order valence-corrected chi connectivity index (χ1v) is 4.47. The minimum atomic E-state index is 0.260. The van der Waals surface area contributed by atoms with Gasteiger partial charge >= 0.3 is 0 Å². The molecule has 4 heteroatoms. The second kappa shape index (κ2) is 3.69. The smallest absolute Gasteiger partial charge is 0.116 e. The molecule has 0 saturated carbocycles. The molecule has 0 spiro atoms. The lowest BCUT2D eigenvalue weighted by Crippen LogP contribution is -2.10. The zero-order valence-electron chi connectivity index (χ0n) is 7.62. The van der Waals surface area contributed by atoms with Crippen LogP contribution in [0.25, 0.3) is 10.9 Å². The quantitative estimate of drug-likeness (QED) is 0.555. The van der Waals surface area contributed by atoms with E-state index in [2.05, 4.69) is 10.5 Å². The van der Waals surface area contributed by atoms with E-state index < -0.39 is 0 Å². The van der Waals surface area contributed by atoms with Gasteiger partial charge in [0.15, 0.2) is 0 Å². The van der Waals surface area contributed by atoms with Gasteiger partial charge in [0.2, 0.25) is 0 Å². The van der Waals surface area contributed by atoms with Crippen molar-refractivity contribution in [3.8, 4) is 5.75 Å². The van der Waals surface area contributed by atoms with Crippen molar-refractivity contribution in [1.29, 1.82) is 0 Å². The second-order valence-corrected chi connectivity index (χ2v) is 3.20. The lowest BCUT2D eigenvalue weighted by atomic mass is 10.1. The monoisotopic (exact) mass is 192 g/mol. The summed E-state index contributed by atoms with van der Waals surface area (Å²) in [5.74, 6) is 0.260. The van der Waals surface area contributed by atoms with Crippen molar-refractivity contribution in [3.05, 3.63) is 30.0 Å². The van der Waals surface area contributed by atoms with Gasteiger partial charge in [0.1, 0.15) is 5.75 Å². The number of phenols is 1. The third-order valence-electron chi connectivity index (χ3n) is 2.26. The molecule has 0 atom stereocenters. The summed E-state index contributed by atoms with van der Waals surface area (Å²) in [6.45, 7) is 0.503. The molecule has 0 aliphatic carbocycles. The molecule has 1 aromatic heterocycles. The van der Waals surface area contributed by atoms with E-state index in [0.717, 1.165) is 22.9 Å². The summed E-state index contributed by atoms with van der Waals surface area (Å²) in [6.07, 6.45) is 2.61. The van der Waals surface area contributed by atoms with E-state index in [1.54, 1.807) is 12.1 Å². The Morgan fingerprint density at radius 2 is 2.21 bits per heavy atom. The van der Waals surface area contributed by atoms with Crippen molar-refractivity contribution in [2.24, 2.45) is 0 Å². The molecule has 4 N–H and O–H groups in total. The number of aromatic amines is 1. The molecule has 0 bridgehead atoms. The van der Waals surface area contributed by atoms with Gasteiger partial charge in [-0.25, -0.2) is 5.48 Å². The molecule has 0 aliphatic rings.